The summed E-state index contributed by atoms with van der Waals surface area (Å²) in [4.78, 5) is 25.5. The highest BCUT2D eigenvalue weighted by molar-refractivity contribution is 9.10. The number of hydrogen-bond donors (Lipinski definition) is 1. The normalized spacial score (nSPS) is 19.4. The molecule has 0 fully saturated rings. The van der Waals surface area contributed by atoms with Crippen LogP contribution in [0.25, 0.3) is 11.1 Å². The Bertz CT molecular complexity index is 1000. The van der Waals surface area contributed by atoms with Crippen molar-refractivity contribution in [2.45, 2.75) is 5.67 Å². The lowest BCUT2D eigenvalue weighted by atomic mass is 9.83. The van der Waals surface area contributed by atoms with E-state index < -0.39 is 17.4 Å². The van der Waals surface area contributed by atoms with Gasteiger partial charge in [-0.2, -0.15) is 0 Å². The molecule has 1 N–H and O–H groups in total. The van der Waals surface area contributed by atoms with Gasteiger partial charge < -0.3 is 5.32 Å². The number of benzene rings is 2. The summed E-state index contributed by atoms with van der Waals surface area (Å²) in [5.41, 5.74) is -1.10. The van der Waals surface area contributed by atoms with Crippen molar-refractivity contribution in [2.75, 3.05) is 5.32 Å². The molecule has 2 heterocycles. The van der Waals surface area contributed by atoms with Gasteiger partial charge in [-0.1, -0.05) is 64.5 Å². The Morgan fingerprint density at radius 1 is 0.960 bits per heavy atom. The van der Waals surface area contributed by atoms with E-state index in [1.54, 1.807) is 23.6 Å². The Morgan fingerprint density at radius 3 is 2.36 bits per heavy atom. The lowest BCUT2D eigenvalue weighted by molar-refractivity contribution is -0.125. The lowest BCUT2D eigenvalue weighted by Crippen LogP contribution is -2.47. The summed E-state index contributed by atoms with van der Waals surface area (Å²) in [5.74, 6) is -1.78. The number of carbonyl (C=O) groups is 2. The highest BCUT2D eigenvalue weighted by atomic mass is 79.9. The quantitative estimate of drug-likeness (QED) is 0.586. The van der Waals surface area contributed by atoms with Gasteiger partial charge in [-0.05, 0) is 11.6 Å². The number of rotatable bonds is 2. The van der Waals surface area contributed by atoms with Gasteiger partial charge in [0, 0.05) is 21.0 Å². The summed E-state index contributed by atoms with van der Waals surface area (Å²) in [6.07, 6.45) is 0. The smallest absolute Gasteiger partial charge is 0.275 e. The molecule has 0 bridgehead atoms. The fourth-order valence-corrected chi connectivity index (χ4v) is 4.40. The molecule has 1 unspecified atom stereocenters. The third-order valence-corrected chi connectivity index (χ3v) is 5.79. The Balaban J connectivity index is 1.92. The second-order valence-corrected chi connectivity index (χ2v) is 7.38. The number of ketones is 1. The van der Waals surface area contributed by atoms with Gasteiger partial charge in [-0.25, -0.2) is 4.39 Å². The topological polar surface area (TPSA) is 46.2 Å². The van der Waals surface area contributed by atoms with E-state index in [2.05, 4.69) is 21.2 Å². The van der Waals surface area contributed by atoms with Gasteiger partial charge in [0.05, 0.1) is 5.56 Å². The van der Waals surface area contributed by atoms with E-state index in [0.717, 1.165) is 10.0 Å². The number of nitrogens with one attached hydrogen (secondary N) is 1. The number of thiophene rings is 1. The zero-order valence-corrected chi connectivity index (χ0v) is 15.2. The summed E-state index contributed by atoms with van der Waals surface area (Å²) in [6, 6.07) is 15.2. The number of hydrogen-bond acceptors (Lipinski definition) is 3. The first-order valence-electron chi connectivity index (χ1n) is 7.50. The third kappa shape index (κ3) is 2.36. The van der Waals surface area contributed by atoms with Crippen LogP contribution in [0.15, 0.2) is 64.5 Å². The first-order valence-corrected chi connectivity index (χ1v) is 9.18. The molecular weight excluding hydrogens is 405 g/mol. The molecule has 124 valence electrons. The molecule has 1 aromatic heterocycles. The highest BCUT2D eigenvalue weighted by Crippen LogP contribution is 2.46. The molecule has 1 amide bonds. The van der Waals surface area contributed by atoms with Gasteiger partial charge in [-0.3, -0.25) is 9.59 Å². The van der Waals surface area contributed by atoms with E-state index in [1.807, 2.05) is 24.3 Å². The largest absolute Gasteiger partial charge is 0.314 e. The van der Waals surface area contributed by atoms with E-state index in [9.17, 15) is 9.59 Å². The average molecular weight is 416 g/mol. The molecule has 2 aromatic carbocycles. The first-order chi connectivity index (χ1) is 12.0. The summed E-state index contributed by atoms with van der Waals surface area (Å²) < 4.78 is 16.5. The summed E-state index contributed by atoms with van der Waals surface area (Å²) in [7, 11) is 0. The minimum absolute atomic E-state index is 0.0347. The average Bonchev–Trinajstić information content (AvgIpc) is 3.04. The van der Waals surface area contributed by atoms with E-state index >= 15 is 4.39 Å². The Morgan fingerprint density at radius 2 is 1.64 bits per heavy atom. The van der Waals surface area contributed by atoms with Crippen LogP contribution in [0, 0.1) is 0 Å². The van der Waals surface area contributed by atoms with Gasteiger partial charge >= 0.3 is 0 Å². The molecule has 1 atom stereocenters. The van der Waals surface area contributed by atoms with E-state index in [-0.39, 0.29) is 11.1 Å². The standard InChI is InChI=1S/C19H11BrFNO2S/c20-14-9-5-4-8-12(14)13-10-25-17-15(13)16(23)19(21,18(24)22-17)11-6-2-1-3-7-11/h1-10H,(H,22,24). The van der Waals surface area contributed by atoms with Gasteiger partial charge in [0.25, 0.3) is 11.6 Å². The van der Waals surface area contributed by atoms with Crippen LogP contribution in [0.2, 0.25) is 0 Å². The van der Waals surface area contributed by atoms with Crippen LogP contribution in [0.3, 0.4) is 0 Å². The third-order valence-electron chi connectivity index (χ3n) is 4.21. The van der Waals surface area contributed by atoms with Crippen molar-refractivity contribution < 1.29 is 14.0 Å². The summed E-state index contributed by atoms with van der Waals surface area (Å²) >= 11 is 4.68. The Kier molecular flexibility index (Phi) is 3.81. The van der Waals surface area contributed by atoms with Gasteiger partial charge in [0.2, 0.25) is 5.78 Å². The van der Waals surface area contributed by atoms with Crippen LogP contribution >= 0.6 is 27.3 Å². The fourth-order valence-electron chi connectivity index (χ4n) is 2.95. The number of alkyl halides is 1. The number of amides is 1. The zero-order valence-electron chi connectivity index (χ0n) is 12.8. The number of carbonyl (C=O) groups excluding carboxylic acids is 2. The molecule has 0 radical (unpaired) electrons. The number of fused-ring (bicyclic) bond motifs is 1. The maximum absolute atomic E-state index is 15.7. The van der Waals surface area contributed by atoms with E-state index in [0.29, 0.717) is 10.6 Å². The molecule has 1 aliphatic heterocycles. The second-order valence-electron chi connectivity index (χ2n) is 5.64. The molecule has 0 saturated heterocycles. The molecule has 25 heavy (non-hydrogen) atoms. The van der Waals surface area contributed by atoms with Crippen molar-refractivity contribution >= 4 is 44.0 Å². The number of Topliss-reactive ketones (excluding diaryl/α,β-unsaturated/α-hetero) is 1. The Labute approximate surface area is 155 Å². The predicted molar refractivity (Wildman–Crippen MR) is 99.6 cm³/mol. The molecule has 0 spiro atoms. The molecule has 6 heteroatoms. The monoisotopic (exact) mass is 415 g/mol. The van der Waals surface area contributed by atoms with E-state index in [4.69, 9.17) is 0 Å². The van der Waals surface area contributed by atoms with Crippen molar-refractivity contribution in [3.05, 3.63) is 75.6 Å². The molecule has 3 nitrogen and oxygen atoms in total. The van der Waals surface area contributed by atoms with Crippen molar-refractivity contribution in [3.63, 3.8) is 0 Å². The van der Waals surface area contributed by atoms with E-state index in [1.165, 1.54) is 23.5 Å². The van der Waals surface area contributed by atoms with Gasteiger partial charge in [0.15, 0.2) is 0 Å². The van der Waals surface area contributed by atoms with Crippen LogP contribution < -0.4 is 5.32 Å². The van der Waals surface area contributed by atoms with Crippen LogP contribution in [-0.4, -0.2) is 11.7 Å². The molecular formula is C19H11BrFNO2S. The van der Waals surface area contributed by atoms with Crippen molar-refractivity contribution in [2.24, 2.45) is 0 Å². The van der Waals surface area contributed by atoms with Crippen LogP contribution in [0.1, 0.15) is 15.9 Å². The van der Waals surface area contributed by atoms with Crippen LogP contribution in [0.4, 0.5) is 9.39 Å². The lowest BCUT2D eigenvalue weighted by Gasteiger charge is -2.28. The van der Waals surface area contributed by atoms with Gasteiger partial charge in [-0.15, -0.1) is 11.3 Å². The van der Waals surface area contributed by atoms with Gasteiger partial charge in [0.1, 0.15) is 5.00 Å². The molecule has 4 rings (SSSR count). The minimum Gasteiger partial charge on any atom is -0.314 e. The van der Waals surface area contributed by atoms with Crippen molar-refractivity contribution in [3.8, 4) is 11.1 Å². The maximum atomic E-state index is 15.7. The summed E-state index contributed by atoms with van der Waals surface area (Å²) in [6.45, 7) is 0. The SMILES string of the molecule is O=C1Nc2scc(-c3ccccc3Br)c2C(=O)C1(F)c1ccccc1. The van der Waals surface area contributed by atoms with Crippen molar-refractivity contribution in [1.82, 2.24) is 0 Å². The fraction of sp³-hybridized carbons (Fsp3) is 0.0526. The molecule has 0 aliphatic carbocycles. The minimum atomic E-state index is -2.73. The molecule has 3 aromatic rings. The Hall–Kier alpha value is -2.31. The van der Waals surface area contributed by atoms with Crippen molar-refractivity contribution in [1.29, 1.82) is 0 Å². The molecule has 1 aliphatic rings. The number of anilines is 1. The molecule has 0 saturated carbocycles. The maximum Gasteiger partial charge on any atom is 0.275 e. The van der Waals surface area contributed by atoms with Crippen LogP contribution in [-0.2, 0) is 10.5 Å². The zero-order chi connectivity index (χ0) is 17.6. The predicted octanol–water partition coefficient (Wildman–Crippen LogP) is 5.18. The van der Waals surface area contributed by atoms with Crippen LogP contribution in [0.5, 0.6) is 0 Å². The number of halogens is 2. The first kappa shape index (κ1) is 16.2. The second kappa shape index (κ2) is 5.89. The summed E-state index contributed by atoms with van der Waals surface area (Å²) in [5, 5.41) is 4.70. The highest BCUT2D eigenvalue weighted by Gasteiger charge is 2.53.